The molecule has 3 rings (SSSR count). The van der Waals surface area contributed by atoms with Crippen LogP contribution in [0.3, 0.4) is 0 Å². The highest BCUT2D eigenvalue weighted by Gasteiger charge is 2.07. The van der Waals surface area contributed by atoms with E-state index < -0.39 is 0 Å². The number of anilines is 1. The van der Waals surface area contributed by atoms with E-state index in [9.17, 15) is 0 Å². The lowest BCUT2D eigenvalue weighted by Crippen LogP contribution is -2.04. The van der Waals surface area contributed by atoms with Crippen LogP contribution >= 0.6 is 34.5 Å². The largest absolute Gasteiger partial charge is 0.486 e. The number of hydrogen-bond acceptors (Lipinski definition) is 5. The van der Waals surface area contributed by atoms with Crippen LogP contribution in [-0.4, -0.2) is 9.97 Å². The Labute approximate surface area is 129 Å². The molecule has 0 spiro atoms. The molecule has 0 atom stereocenters. The zero-order chi connectivity index (χ0) is 14.1. The molecule has 0 aliphatic carbocycles. The number of benzene rings is 1. The molecule has 7 heteroatoms. The van der Waals surface area contributed by atoms with Gasteiger partial charge in [0.15, 0.2) is 5.82 Å². The summed E-state index contributed by atoms with van der Waals surface area (Å²) in [6.07, 6.45) is 0. The Bertz CT molecular complexity index is 775. The van der Waals surface area contributed by atoms with Crippen molar-refractivity contribution in [1.82, 2.24) is 9.97 Å². The molecule has 0 saturated heterocycles. The summed E-state index contributed by atoms with van der Waals surface area (Å²) in [6.45, 7) is 0.218. The lowest BCUT2D eigenvalue weighted by atomic mass is 10.3. The second-order valence-corrected chi connectivity index (χ2v) is 5.74. The standard InChI is InChI=1S/C13H9Cl2N3OS/c14-9-2-1-7(5-10(9)15)19-6-11-17-12(16)8-3-4-20-13(8)18-11/h1-5H,6H2,(H2,16,17,18). The number of halogens is 2. The van der Waals surface area contributed by atoms with E-state index in [1.54, 1.807) is 18.2 Å². The van der Waals surface area contributed by atoms with Crippen molar-refractivity contribution in [2.24, 2.45) is 0 Å². The van der Waals surface area contributed by atoms with Crippen LogP contribution in [-0.2, 0) is 6.61 Å². The zero-order valence-electron chi connectivity index (χ0n) is 10.1. The SMILES string of the molecule is Nc1nc(COc2ccc(Cl)c(Cl)c2)nc2sccc12. The molecule has 1 aromatic carbocycles. The van der Waals surface area contributed by atoms with Gasteiger partial charge in [-0.15, -0.1) is 11.3 Å². The summed E-state index contributed by atoms with van der Waals surface area (Å²) in [5, 5.41) is 3.73. The maximum atomic E-state index is 5.92. The topological polar surface area (TPSA) is 61.0 Å². The molecule has 0 amide bonds. The maximum Gasteiger partial charge on any atom is 0.169 e. The second kappa shape index (κ2) is 5.44. The predicted octanol–water partition coefficient (Wildman–Crippen LogP) is 4.16. The van der Waals surface area contributed by atoms with E-state index in [-0.39, 0.29) is 6.61 Å². The van der Waals surface area contributed by atoms with Crippen LogP contribution in [0.5, 0.6) is 5.75 Å². The number of fused-ring (bicyclic) bond motifs is 1. The van der Waals surface area contributed by atoms with Gasteiger partial charge in [-0.3, -0.25) is 0 Å². The monoisotopic (exact) mass is 325 g/mol. The Morgan fingerprint density at radius 1 is 1.15 bits per heavy atom. The molecule has 0 unspecified atom stereocenters. The van der Waals surface area contributed by atoms with Gasteiger partial charge in [0.2, 0.25) is 0 Å². The fourth-order valence-electron chi connectivity index (χ4n) is 1.70. The summed E-state index contributed by atoms with van der Waals surface area (Å²) in [5.41, 5.74) is 5.88. The fourth-order valence-corrected chi connectivity index (χ4v) is 2.78. The van der Waals surface area contributed by atoms with Crippen LogP contribution in [0.1, 0.15) is 5.82 Å². The molecule has 0 aliphatic rings. The molecule has 4 nitrogen and oxygen atoms in total. The van der Waals surface area contributed by atoms with Crippen LogP contribution < -0.4 is 10.5 Å². The summed E-state index contributed by atoms with van der Waals surface area (Å²) < 4.78 is 5.59. The number of ether oxygens (including phenoxy) is 1. The van der Waals surface area contributed by atoms with Crippen molar-refractivity contribution in [2.45, 2.75) is 6.61 Å². The molecule has 0 bridgehead atoms. The van der Waals surface area contributed by atoms with Crippen LogP contribution in [0.15, 0.2) is 29.6 Å². The van der Waals surface area contributed by atoms with Gasteiger partial charge >= 0.3 is 0 Å². The Kier molecular flexibility index (Phi) is 3.65. The summed E-state index contributed by atoms with van der Waals surface area (Å²) in [6, 6.07) is 6.97. The fraction of sp³-hybridized carbons (Fsp3) is 0.0769. The van der Waals surface area contributed by atoms with Crippen molar-refractivity contribution in [3.05, 3.63) is 45.5 Å². The molecule has 0 aliphatic heterocycles. The molecule has 0 radical (unpaired) electrons. The van der Waals surface area contributed by atoms with Crippen LogP contribution in [0, 0.1) is 0 Å². The van der Waals surface area contributed by atoms with Gasteiger partial charge in [-0.2, -0.15) is 0 Å². The highest BCUT2D eigenvalue weighted by atomic mass is 35.5. The highest BCUT2D eigenvalue weighted by molar-refractivity contribution is 7.16. The molecule has 0 fully saturated rings. The highest BCUT2D eigenvalue weighted by Crippen LogP contribution is 2.27. The molecule has 0 saturated carbocycles. The first-order valence-electron chi connectivity index (χ1n) is 5.71. The first kappa shape index (κ1) is 13.4. The number of nitrogens with zero attached hydrogens (tertiary/aromatic N) is 2. The smallest absolute Gasteiger partial charge is 0.169 e. The van der Waals surface area contributed by atoms with Gasteiger partial charge in [0.25, 0.3) is 0 Å². The van der Waals surface area contributed by atoms with Gasteiger partial charge in [-0.05, 0) is 23.6 Å². The number of aromatic nitrogens is 2. The Hall–Kier alpha value is -1.56. The minimum absolute atomic E-state index is 0.218. The third kappa shape index (κ3) is 2.65. The Balaban J connectivity index is 1.80. The van der Waals surface area contributed by atoms with Gasteiger partial charge in [0, 0.05) is 6.07 Å². The lowest BCUT2D eigenvalue weighted by molar-refractivity contribution is 0.296. The number of nitrogens with two attached hydrogens (primary N) is 1. The normalized spacial score (nSPS) is 10.9. The Morgan fingerprint density at radius 2 is 2.00 bits per heavy atom. The average molecular weight is 326 g/mol. The first-order chi connectivity index (χ1) is 9.63. The minimum Gasteiger partial charge on any atom is -0.486 e. The molecule has 20 heavy (non-hydrogen) atoms. The zero-order valence-corrected chi connectivity index (χ0v) is 12.5. The van der Waals surface area contributed by atoms with Gasteiger partial charge in [0.05, 0.1) is 15.4 Å². The average Bonchev–Trinajstić information content (AvgIpc) is 2.89. The molecular formula is C13H9Cl2N3OS. The second-order valence-electron chi connectivity index (χ2n) is 4.03. The van der Waals surface area contributed by atoms with E-state index in [0.29, 0.717) is 27.4 Å². The summed E-state index contributed by atoms with van der Waals surface area (Å²) in [5.74, 6) is 1.60. The number of hydrogen-bond donors (Lipinski definition) is 1. The van der Waals surface area contributed by atoms with E-state index in [1.807, 2.05) is 11.4 Å². The minimum atomic E-state index is 0.218. The molecule has 102 valence electrons. The third-order valence-electron chi connectivity index (χ3n) is 2.66. The molecular weight excluding hydrogens is 317 g/mol. The van der Waals surface area contributed by atoms with Crippen LogP contribution in [0.4, 0.5) is 5.82 Å². The van der Waals surface area contributed by atoms with Crippen molar-refractivity contribution < 1.29 is 4.74 Å². The van der Waals surface area contributed by atoms with Crippen molar-refractivity contribution in [2.75, 3.05) is 5.73 Å². The maximum absolute atomic E-state index is 5.92. The van der Waals surface area contributed by atoms with Crippen molar-refractivity contribution in [3.63, 3.8) is 0 Å². The number of rotatable bonds is 3. The number of nitrogen functional groups attached to an aromatic ring is 1. The van der Waals surface area contributed by atoms with Gasteiger partial charge in [-0.1, -0.05) is 23.2 Å². The summed E-state index contributed by atoms with van der Waals surface area (Å²) in [7, 11) is 0. The third-order valence-corrected chi connectivity index (χ3v) is 4.21. The van der Waals surface area contributed by atoms with Crippen LogP contribution in [0.2, 0.25) is 10.0 Å². The van der Waals surface area contributed by atoms with E-state index in [2.05, 4.69) is 9.97 Å². The van der Waals surface area contributed by atoms with Gasteiger partial charge in [0.1, 0.15) is 23.0 Å². The van der Waals surface area contributed by atoms with Crippen molar-refractivity contribution >= 4 is 50.6 Å². The van der Waals surface area contributed by atoms with E-state index in [1.165, 1.54) is 11.3 Å². The summed E-state index contributed by atoms with van der Waals surface area (Å²) >= 11 is 13.3. The Morgan fingerprint density at radius 3 is 2.80 bits per heavy atom. The number of thiophene rings is 1. The van der Waals surface area contributed by atoms with Crippen molar-refractivity contribution in [1.29, 1.82) is 0 Å². The van der Waals surface area contributed by atoms with E-state index >= 15 is 0 Å². The summed E-state index contributed by atoms with van der Waals surface area (Å²) in [4.78, 5) is 9.46. The molecule has 3 aromatic rings. The van der Waals surface area contributed by atoms with Crippen molar-refractivity contribution in [3.8, 4) is 5.75 Å². The van der Waals surface area contributed by atoms with E-state index in [0.717, 1.165) is 10.2 Å². The van der Waals surface area contributed by atoms with E-state index in [4.69, 9.17) is 33.7 Å². The first-order valence-corrected chi connectivity index (χ1v) is 7.34. The molecule has 2 N–H and O–H groups in total. The van der Waals surface area contributed by atoms with Crippen LogP contribution in [0.25, 0.3) is 10.2 Å². The lowest BCUT2D eigenvalue weighted by Gasteiger charge is -2.07. The predicted molar refractivity (Wildman–Crippen MR) is 82.6 cm³/mol. The molecule has 2 heterocycles. The van der Waals surface area contributed by atoms with Gasteiger partial charge < -0.3 is 10.5 Å². The van der Waals surface area contributed by atoms with Gasteiger partial charge in [-0.25, -0.2) is 9.97 Å². The quantitative estimate of drug-likeness (QED) is 0.785. The molecule has 2 aromatic heterocycles.